The average molecular weight is 543 g/mol. The molecular formula is C27H25F3N4O3S. The van der Waals surface area contributed by atoms with E-state index in [-0.39, 0.29) is 29.9 Å². The molecule has 0 radical (unpaired) electrons. The minimum absolute atomic E-state index is 0.0562. The predicted octanol–water partition coefficient (Wildman–Crippen LogP) is 5.02. The van der Waals surface area contributed by atoms with Crippen LogP contribution in [0.2, 0.25) is 0 Å². The Labute approximate surface area is 218 Å². The van der Waals surface area contributed by atoms with Crippen molar-refractivity contribution in [3.8, 4) is 11.1 Å². The van der Waals surface area contributed by atoms with Gasteiger partial charge in [0.2, 0.25) is 15.9 Å². The Bertz CT molecular complexity index is 1490. The summed E-state index contributed by atoms with van der Waals surface area (Å²) in [4.78, 5) is 16.3. The lowest BCUT2D eigenvalue weighted by Gasteiger charge is -2.32. The van der Waals surface area contributed by atoms with Gasteiger partial charge in [-0.05, 0) is 78.8 Å². The van der Waals surface area contributed by atoms with Gasteiger partial charge in [0.05, 0.1) is 15.9 Å². The van der Waals surface area contributed by atoms with Crippen molar-refractivity contribution in [1.82, 2.24) is 9.29 Å². The number of anilines is 2. The smallest absolute Gasteiger partial charge is 0.367 e. The Morgan fingerprint density at radius 2 is 1.66 bits per heavy atom. The van der Waals surface area contributed by atoms with Crippen LogP contribution < -0.4 is 10.6 Å². The minimum Gasteiger partial charge on any atom is -0.367 e. The molecule has 3 heterocycles. The molecule has 7 nitrogen and oxygen atoms in total. The number of amides is 1. The first-order valence-corrected chi connectivity index (χ1v) is 13.9. The molecule has 2 fully saturated rings. The topological polar surface area (TPSA) is 91.4 Å². The lowest BCUT2D eigenvalue weighted by Crippen LogP contribution is -2.42. The fourth-order valence-corrected chi connectivity index (χ4v) is 6.75. The van der Waals surface area contributed by atoms with Gasteiger partial charge in [-0.25, -0.2) is 13.4 Å². The Morgan fingerprint density at radius 1 is 0.974 bits per heavy atom. The summed E-state index contributed by atoms with van der Waals surface area (Å²) in [5, 5.41) is 6.05. The first kappa shape index (κ1) is 24.9. The second-order valence-corrected chi connectivity index (χ2v) is 12.0. The van der Waals surface area contributed by atoms with E-state index in [1.807, 2.05) is 18.2 Å². The molecule has 1 saturated heterocycles. The molecule has 3 aliphatic rings. The molecular weight excluding hydrogens is 517 g/mol. The zero-order valence-electron chi connectivity index (χ0n) is 20.3. The number of halogens is 3. The Morgan fingerprint density at radius 3 is 2.26 bits per heavy atom. The summed E-state index contributed by atoms with van der Waals surface area (Å²) in [7, 11) is -3.69. The van der Waals surface area contributed by atoms with Crippen LogP contribution in [0.15, 0.2) is 65.7 Å². The number of sulfonamides is 1. The van der Waals surface area contributed by atoms with Crippen LogP contribution in [0.25, 0.3) is 11.1 Å². The molecule has 2 N–H and O–H groups in total. The quantitative estimate of drug-likeness (QED) is 0.473. The highest BCUT2D eigenvalue weighted by atomic mass is 32.2. The van der Waals surface area contributed by atoms with Crippen molar-refractivity contribution in [2.45, 2.75) is 48.2 Å². The highest BCUT2D eigenvalue weighted by Gasteiger charge is 2.56. The van der Waals surface area contributed by atoms with E-state index in [1.165, 1.54) is 10.4 Å². The van der Waals surface area contributed by atoms with Gasteiger partial charge in [-0.15, -0.1) is 0 Å². The SMILES string of the molecule is O=C1Nc2ccc(-c3ccc(S(=O)(=O)N4CCC(Nc5ccc(C(F)(F)F)cn5)CC4)cc3)cc2C12CC2. The summed E-state index contributed by atoms with van der Waals surface area (Å²) in [5.74, 6) is 0.384. The van der Waals surface area contributed by atoms with Crippen LogP contribution in [0, 0.1) is 0 Å². The number of piperidine rings is 1. The average Bonchev–Trinajstić information content (AvgIpc) is 3.66. The molecule has 1 saturated carbocycles. The number of carbonyl (C=O) groups is 1. The molecule has 2 aromatic carbocycles. The number of alkyl halides is 3. The molecule has 198 valence electrons. The first-order valence-electron chi connectivity index (χ1n) is 12.4. The standard InChI is InChI=1S/C27H25F3N4O3S/c28-27(29,30)19-4-8-24(31-16-19)32-20-9-13-34(14-10-20)38(36,37)21-5-1-17(2-6-21)18-3-7-23-22(15-18)26(11-12-26)25(35)33-23/h1-8,15-16,20H,9-14H2,(H,31,32)(H,33,35). The molecule has 0 atom stereocenters. The number of fused-ring (bicyclic) bond motifs is 2. The molecule has 3 aromatic rings. The van der Waals surface area contributed by atoms with Crippen LogP contribution >= 0.6 is 0 Å². The Kier molecular flexibility index (Phi) is 5.76. The van der Waals surface area contributed by atoms with E-state index in [4.69, 9.17) is 0 Å². The maximum Gasteiger partial charge on any atom is 0.417 e. The fourth-order valence-electron chi connectivity index (χ4n) is 5.28. The number of pyridine rings is 1. The van der Waals surface area contributed by atoms with Gasteiger partial charge in [0.25, 0.3) is 0 Å². The van der Waals surface area contributed by atoms with Crippen molar-refractivity contribution in [2.24, 2.45) is 0 Å². The number of nitrogens with zero attached hydrogens (tertiary/aromatic N) is 2. The molecule has 38 heavy (non-hydrogen) atoms. The van der Waals surface area contributed by atoms with Gasteiger partial charge in [0.15, 0.2) is 0 Å². The van der Waals surface area contributed by atoms with E-state index >= 15 is 0 Å². The number of hydrogen-bond acceptors (Lipinski definition) is 5. The molecule has 0 unspecified atom stereocenters. The number of benzene rings is 2. The predicted molar refractivity (Wildman–Crippen MR) is 136 cm³/mol. The van der Waals surface area contributed by atoms with Gasteiger partial charge in [0.1, 0.15) is 5.82 Å². The summed E-state index contributed by atoms with van der Waals surface area (Å²) in [5.41, 5.74) is 2.46. The zero-order chi connectivity index (χ0) is 26.7. The summed E-state index contributed by atoms with van der Waals surface area (Å²) < 4.78 is 66.2. The number of carbonyl (C=O) groups excluding carboxylic acids is 1. The molecule has 11 heteroatoms. The van der Waals surface area contributed by atoms with Gasteiger partial charge in [0, 0.05) is 31.0 Å². The van der Waals surface area contributed by atoms with Gasteiger partial charge >= 0.3 is 6.18 Å². The Hall–Kier alpha value is -3.44. The monoisotopic (exact) mass is 542 g/mol. The van der Waals surface area contributed by atoms with Gasteiger partial charge in [-0.1, -0.05) is 18.2 Å². The Balaban J connectivity index is 1.10. The van der Waals surface area contributed by atoms with Crippen LogP contribution in [-0.2, 0) is 26.4 Å². The van der Waals surface area contributed by atoms with Crippen molar-refractivity contribution in [2.75, 3.05) is 23.7 Å². The molecule has 1 aliphatic carbocycles. The van der Waals surface area contributed by atoms with E-state index in [0.29, 0.717) is 18.7 Å². The third kappa shape index (κ3) is 4.33. The van der Waals surface area contributed by atoms with E-state index in [0.717, 1.165) is 47.5 Å². The highest BCUT2D eigenvalue weighted by Crippen LogP contribution is 2.55. The summed E-state index contributed by atoms with van der Waals surface area (Å²) in [6, 6.07) is 14.8. The van der Waals surface area contributed by atoms with Crippen LogP contribution in [0.5, 0.6) is 0 Å². The van der Waals surface area contributed by atoms with Gasteiger partial charge in [-0.3, -0.25) is 4.79 Å². The molecule has 1 spiro atoms. The van der Waals surface area contributed by atoms with E-state index < -0.39 is 27.2 Å². The third-order valence-electron chi connectivity index (χ3n) is 7.69. The van der Waals surface area contributed by atoms with Crippen LogP contribution in [0.1, 0.15) is 36.8 Å². The highest BCUT2D eigenvalue weighted by molar-refractivity contribution is 7.89. The summed E-state index contributed by atoms with van der Waals surface area (Å²) in [6.45, 7) is 0.576. The summed E-state index contributed by atoms with van der Waals surface area (Å²) in [6.07, 6.45) is -0.955. The first-order chi connectivity index (χ1) is 18.1. The van der Waals surface area contributed by atoms with Gasteiger partial charge < -0.3 is 10.6 Å². The van der Waals surface area contributed by atoms with Crippen LogP contribution in [0.4, 0.5) is 24.7 Å². The largest absolute Gasteiger partial charge is 0.417 e. The number of aromatic nitrogens is 1. The maximum absolute atomic E-state index is 13.3. The molecule has 0 bridgehead atoms. The van der Waals surface area contributed by atoms with Gasteiger partial charge in [-0.2, -0.15) is 17.5 Å². The molecule has 1 amide bonds. The number of hydrogen-bond donors (Lipinski definition) is 2. The minimum atomic E-state index is -4.44. The second-order valence-electron chi connectivity index (χ2n) is 10.1. The van der Waals surface area contributed by atoms with Crippen molar-refractivity contribution in [3.05, 3.63) is 71.9 Å². The maximum atomic E-state index is 13.3. The van der Waals surface area contributed by atoms with E-state index in [9.17, 15) is 26.4 Å². The van der Waals surface area contributed by atoms with E-state index in [2.05, 4.69) is 15.6 Å². The van der Waals surface area contributed by atoms with Crippen LogP contribution in [-0.4, -0.2) is 42.7 Å². The second kappa shape index (κ2) is 8.81. The summed E-state index contributed by atoms with van der Waals surface area (Å²) >= 11 is 0. The molecule has 1 aromatic heterocycles. The lowest BCUT2D eigenvalue weighted by atomic mass is 9.94. The lowest BCUT2D eigenvalue weighted by molar-refractivity contribution is -0.137. The fraction of sp³-hybridized carbons (Fsp3) is 0.333. The van der Waals surface area contributed by atoms with Crippen molar-refractivity contribution < 1.29 is 26.4 Å². The van der Waals surface area contributed by atoms with E-state index in [1.54, 1.807) is 24.3 Å². The third-order valence-corrected chi connectivity index (χ3v) is 9.60. The molecule has 2 aliphatic heterocycles. The normalized spacial score (nSPS) is 19.3. The number of rotatable bonds is 5. The number of nitrogens with one attached hydrogen (secondary N) is 2. The van der Waals surface area contributed by atoms with Crippen LogP contribution in [0.3, 0.4) is 0 Å². The molecule has 6 rings (SSSR count). The van der Waals surface area contributed by atoms with Crippen molar-refractivity contribution >= 4 is 27.4 Å². The zero-order valence-corrected chi connectivity index (χ0v) is 21.1. The van der Waals surface area contributed by atoms with Crippen molar-refractivity contribution in [1.29, 1.82) is 0 Å². The van der Waals surface area contributed by atoms with Crippen molar-refractivity contribution in [3.63, 3.8) is 0 Å².